The van der Waals surface area contributed by atoms with Gasteiger partial charge in [0.1, 0.15) is 12.3 Å². The Morgan fingerprint density at radius 3 is 2.67 bits per heavy atom. The first kappa shape index (κ1) is 17.5. The summed E-state index contributed by atoms with van der Waals surface area (Å²) in [6, 6.07) is 7.35. The number of carbonyl (C=O) groups excluding carboxylic acids is 1. The van der Waals surface area contributed by atoms with Gasteiger partial charge in [-0.1, -0.05) is 35.8 Å². The van der Waals surface area contributed by atoms with Gasteiger partial charge in [-0.05, 0) is 24.1 Å². The number of hydrogen-bond acceptors (Lipinski definition) is 3. The summed E-state index contributed by atoms with van der Waals surface area (Å²) >= 11 is 3.34. The maximum Gasteiger partial charge on any atom is 0.323 e. The van der Waals surface area contributed by atoms with Gasteiger partial charge in [0.15, 0.2) is 0 Å². The van der Waals surface area contributed by atoms with Gasteiger partial charge >= 0.3 is 5.97 Å². The van der Waals surface area contributed by atoms with Crippen LogP contribution in [0, 0.1) is 5.92 Å². The van der Waals surface area contributed by atoms with Crippen LogP contribution in [0.3, 0.4) is 0 Å². The maximum atomic E-state index is 12.0. The van der Waals surface area contributed by atoms with E-state index in [1.54, 1.807) is 6.07 Å². The molecule has 0 unspecified atom stereocenters. The topological polar surface area (TPSA) is 66.8 Å². The second kappa shape index (κ2) is 8.67. The minimum absolute atomic E-state index is 0.159. The van der Waals surface area contributed by atoms with Crippen molar-refractivity contribution in [2.45, 2.75) is 20.3 Å². The van der Waals surface area contributed by atoms with Gasteiger partial charge in [0.05, 0.1) is 13.0 Å². The van der Waals surface area contributed by atoms with Gasteiger partial charge in [-0.3, -0.25) is 9.59 Å². The molecule has 0 spiro atoms. The highest BCUT2D eigenvalue weighted by atomic mass is 79.9. The molecule has 5 nitrogen and oxygen atoms in total. The van der Waals surface area contributed by atoms with Crippen molar-refractivity contribution in [1.29, 1.82) is 0 Å². The number of hydrogen-bond donors (Lipinski definition) is 1. The number of carbonyl (C=O) groups is 2. The molecule has 0 aliphatic heterocycles. The first-order valence-electron chi connectivity index (χ1n) is 6.76. The van der Waals surface area contributed by atoms with Crippen LogP contribution in [0.4, 0.5) is 0 Å². The Morgan fingerprint density at radius 1 is 1.38 bits per heavy atom. The third kappa shape index (κ3) is 7.13. The number of nitrogens with zero attached hydrogens (tertiary/aromatic N) is 1. The van der Waals surface area contributed by atoms with E-state index in [0.29, 0.717) is 12.3 Å². The molecule has 6 heteroatoms. The lowest BCUT2D eigenvalue weighted by molar-refractivity contribution is -0.145. The van der Waals surface area contributed by atoms with Gasteiger partial charge in [0.2, 0.25) is 5.91 Å². The number of carboxylic acid groups (broad SMARTS) is 1. The van der Waals surface area contributed by atoms with Crippen LogP contribution in [0.5, 0.6) is 5.75 Å². The molecule has 0 aliphatic rings. The standard InChI is InChI=1S/C15H20BrNO4/c1-11(2)9-17(10-15(19)20)14(18)6-7-21-13-5-3-4-12(16)8-13/h3-5,8,11H,6-7,9-10H2,1-2H3,(H,19,20). The summed E-state index contributed by atoms with van der Waals surface area (Å²) in [5.41, 5.74) is 0. The van der Waals surface area contributed by atoms with Gasteiger partial charge in [0, 0.05) is 11.0 Å². The van der Waals surface area contributed by atoms with Crippen LogP contribution in [0.15, 0.2) is 28.7 Å². The Hall–Kier alpha value is -1.56. The van der Waals surface area contributed by atoms with Gasteiger partial charge in [-0.15, -0.1) is 0 Å². The van der Waals surface area contributed by atoms with Crippen LogP contribution in [0.1, 0.15) is 20.3 Å². The lowest BCUT2D eigenvalue weighted by Gasteiger charge is -2.22. The van der Waals surface area contributed by atoms with Gasteiger partial charge in [-0.25, -0.2) is 0 Å². The molecule has 0 heterocycles. The highest BCUT2D eigenvalue weighted by Crippen LogP contribution is 2.17. The summed E-state index contributed by atoms with van der Waals surface area (Å²) in [7, 11) is 0. The molecule has 0 atom stereocenters. The summed E-state index contributed by atoms with van der Waals surface area (Å²) in [4.78, 5) is 24.2. The van der Waals surface area contributed by atoms with Crippen molar-refractivity contribution < 1.29 is 19.4 Å². The average Bonchev–Trinajstić information content (AvgIpc) is 2.36. The largest absolute Gasteiger partial charge is 0.493 e. The Kier molecular flexibility index (Phi) is 7.22. The van der Waals surface area contributed by atoms with Crippen molar-refractivity contribution in [3.05, 3.63) is 28.7 Å². The molecule has 116 valence electrons. The smallest absolute Gasteiger partial charge is 0.323 e. The molecule has 1 amide bonds. The van der Waals surface area contributed by atoms with E-state index in [9.17, 15) is 9.59 Å². The predicted octanol–water partition coefficient (Wildman–Crippen LogP) is 2.79. The predicted molar refractivity (Wildman–Crippen MR) is 83.3 cm³/mol. The second-order valence-electron chi connectivity index (χ2n) is 5.12. The molecule has 0 radical (unpaired) electrons. The van der Waals surface area contributed by atoms with E-state index < -0.39 is 5.97 Å². The van der Waals surface area contributed by atoms with Crippen LogP contribution in [-0.2, 0) is 9.59 Å². The van der Waals surface area contributed by atoms with Gasteiger partial charge < -0.3 is 14.7 Å². The highest BCUT2D eigenvalue weighted by molar-refractivity contribution is 9.10. The quantitative estimate of drug-likeness (QED) is 0.776. The number of aliphatic carboxylic acids is 1. The van der Waals surface area contributed by atoms with Crippen molar-refractivity contribution >= 4 is 27.8 Å². The molecule has 1 aromatic carbocycles. The molecule has 0 saturated heterocycles. The van der Waals surface area contributed by atoms with Gasteiger partial charge in [-0.2, -0.15) is 0 Å². The minimum Gasteiger partial charge on any atom is -0.493 e. The zero-order valence-electron chi connectivity index (χ0n) is 12.2. The average molecular weight is 358 g/mol. The fourth-order valence-corrected chi connectivity index (χ4v) is 2.21. The van der Waals surface area contributed by atoms with Crippen molar-refractivity contribution in [1.82, 2.24) is 4.90 Å². The Labute approximate surface area is 133 Å². The zero-order chi connectivity index (χ0) is 15.8. The first-order chi connectivity index (χ1) is 9.88. The summed E-state index contributed by atoms with van der Waals surface area (Å²) < 4.78 is 6.39. The zero-order valence-corrected chi connectivity index (χ0v) is 13.8. The number of ether oxygens (including phenoxy) is 1. The van der Waals surface area contributed by atoms with Crippen LogP contribution < -0.4 is 4.74 Å². The molecule has 1 aromatic rings. The number of carboxylic acids is 1. The van der Waals surface area contributed by atoms with Crippen LogP contribution in [0.2, 0.25) is 0 Å². The summed E-state index contributed by atoms with van der Waals surface area (Å²) in [5, 5.41) is 8.85. The Morgan fingerprint density at radius 2 is 2.10 bits per heavy atom. The lowest BCUT2D eigenvalue weighted by Crippen LogP contribution is -2.38. The van der Waals surface area contributed by atoms with E-state index in [4.69, 9.17) is 9.84 Å². The maximum absolute atomic E-state index is 12.0. The van der Waals surface area contributed by atoms with E-state index in [2.05, 4.69) is 15.9 Å². The molecule has 0 saturated carbocycles. The summed E-state index contributed by atoms with van der Waals surface area (Å²) in [6.45, 7) is 4.28. The Bertz CT molecular complexity index is 490. The van der Waals surface area contributed by atoms with Crippen molar-refractivity contribution in [3.63, 3.8) is 0 Å². The Balaban J connectivity index is 2.47. The van der Waals surface area contributed by atoms with E-state index in [1.165, 1.54) is 4.90 Å². The molecule has 1 rings (SSSR count). The highest BCUT2D eigenvalue weighted by Gasteiger charge is 2.17. The van der Waals surface area contributed by atoms with E-state index in [-0.39, 0.29) is 31.4 Å². The minimum atomic E-state index is -1.00. The number of benzene rings is 1. The fraction of sp³-hybridized carbons (Fsp3) is 0.467. The van der Waals surface area contributed by atoms with Gasteiger partial charge in [0.25, 0.3) is 0 Å². The molecule has 1 N–H and O–H groups in total. The van der Waals surface area contributed by atoms with E-state index in [0.717, 1.165) is 4.47 Å². The van der Waals surface area contributed by atoms with Crippen LogP contribution in [0.25, 0.3) is 0 Å². The molecule has 21 heavy (non-hydrogen) atoms. The normalized spacial score (nSPS) is 10.5. The second-order valence-corrected chi connectivity index (χ2v) is 6.03. The number of rotatable bonds is 8. The SMILES string of the molecule is CC(C)CN(CC(=O)O)C(=O)CCOc1cccc(Br)c1. The van der Waals surface area contributed by atoms with E-state index in [1.807, 2.05) is 32.0 Å². The summed E-state index contributed by atoms with van der Waals surface area (Å²) in [5.74, 6) is -0.317. The molecular formula is C15H20BrNO4. The first-order valence-corrected chi connectivity index (χ1v) is 7.55. The third-order valence-corrected chi connectivity index (χ3v) is 3.14. The number of amides is 1. The summed E-state index contributed by atoms with van der Waals surface area (Å²) in [6.07, 6.45) is 0.159. The molecular weight excluding hydrogens is 338 g/mol. The van der Waals surface area contributed by atoms with E-state index >= 15 is 0 Å². The van der Waals surface area contributed by atoms with Crippen molar-refractivity contribution in [3.8, 4) is 5.75 Å². The molecule has 0 bridgehead atoms. The van der Waals surface area contributed by atoms with Crippen molar-refractivity contribution in [2.75, 3.05) is 19.7 Å². The van der Waals surface area contributed by atoms with Crippen molar-refractivity contribution in [2.24, 2.45) is 5.92 Å². The lowest BCUT2D eigenvalue weighted by atomic mass is 10.2. The number of halogens is 1. The molecule has 0 aromatic heterocycles. The monoisotopic (exact) mass is 357 g/mol. The molecule has 0 fully saturated rings. The van der Waals surface area contributed by atoms with Crippen LogP contribution >= 0.6 is 15.9 Å². The van der Waals surface area contributed by atoms with Crippen LogP contribution in [-0.4, -0.2) is 41.6 Å². The fourth-order valence-electron chi connectivity index (χ4n) is 1.83. The molecule has 0 aliphatic carbocycles. The third-order valence-electron chi connectivity index (χ3n) is 2.65.